The van der Waals surface area contributed by atoms with Crippen LogP contribution in [0.3, 0.4) is 0 Å². The van der Waals surface area contributed by atoms with Crippen LogP contribution >= 0.6 is 0 Å². The van der Waals surface area contributed by atoms with Crippen molar-refractivity contribution in [2.45, 2.75) is 44.4 Å². The van der Waals surface area contributed by atoms with Crippen molar-refractivity contribution in [1.82, 2.24) is 0 Å². The van der Waals surface area contributed by atoms with Crippen molar-refractivity contribution >= 4 is 0 Å². The van der Waals surface area contributed by atoms with Gasteiger partial charge in [-0.15, -0.1) is 0 Å². The number of benzene rings is 2. The molecular formula is C26H26N+. The fraction of sp³-hybridized carbons (Fsp3) is 0.346. The van der Waals surface area contributed by atoms with Crippen molar-refractivity contribution in [1.29, 1.82) is 0 Å². The number of pyridine rings is 1. The second-order valence-electron chi connectivity index (χ2n) is 9.06. The van der Waals surface area contributed by atoms with Gasteiger partial charge in [-0.3, -0.25) is 0 Å². The molecule has 1 heteroatoms. The van der Waals surface area contributed by atoms with E-state index in [1.54, 1.807) is 16.7 Å². The second kappa shape index (κ2) is 5.10. The lowest BCUT2D eigenvalue weighted by molar-refractivity contribution is -0.660. The molecular weight excluding hydrogens is 326 g/mol. The Labute approximate surface area is 161 Å². The number of aromatic nitrogens is 1. The van der Waals surface area contributed by atoms with Crippen LogP contribution in [-0.4, -0.2) is 0 Å². The summed E-state index contributed by atoms with van der Waals surface area (Å²) in [7, 11) is 2.23. The molecule has 1 fully saturated rings. The minimum Gasteiger partial charge on any atom is -0.201 e. The van der Waals surface area contributed by atoms with Gasteiger partial charge >= 0.3 is 0 Å². The molecule has 0 aliphatic heterocycles. The van der Waals surface area contributed by atoms with Gasteiger partial charge in [0.2, 0.25) is 5.69 Å². The average molecular weight is 353 g/mol. The number of aryl methyl sites for hydroxylation is 2. The highest BCUT2D eigenvalue weighted by Crippen LogP contribution is 2.62. The molecule has 0 spiro atoms. The third kappa shape index (κ3) is 1.78. The maximum absolute atomic E-state index is 2.54. The van der Waals surface area contributed by atoms with Crippen molar-refractivity contribution in [3.63, 3.8) is 0 Å². The van der Waals surface area contributed by atoms with Crippen molar-refractivity contribution in [2.75, 3.05) is 0 Å². The first-order chi connectivity index (χ1) is 13.1. The Bertz CT molecular complexity index is 1110. The molecule has 134 valence electrons. The average Bonchev–Trinajstić information content (AvgIpc) is 3.26. The summed E-state index contributed by atoms with van der Waals surface area (Å²) >= 11 is 0. The van der Waals surface area contributed by atoms with Gasteiger partial charge in [0.25, 0.3) is 0 Å². The van der Waals surface area contributed by atoms with Crippen LogP contribution in [0, 0.1) is 12.8 Å². The lowest BCUT2D eigenvalue weighted by atomic mass is 9.65. The molecule has 27 heavy (non-hydrogen) atoms. The Balaban J connectivity index is 1.83. The van der Waals surface area contributed by atoms with Gasteiger partial charge in [-0.25, -0.2) is 4.57 Å². The molecule has 3 aromatic rings. The molecule has 1 nitrogen and oxygen atoms in total. The predicted octanol–water partition coefficient (Wildman–Crippen LogP) is 5.67. The van der Waals surface area contributed by atoms with E-state index in [9.17, 15) is 0 Å². The molecule has 0 saturated heterocycles. The maximum Gasteiger partial charge on any atom is 0.216 e. The summed E-state index contributed by atoms with van der Waals surface area (Å²) in [6, 6.07) is 18.5. The first kappa shape index (κ1) is 15.6. The largest absolute Gasteiger partial charge is 0.216 e. The van der Waals surface area contributed by atoms with Gasteiger partial charge in [0.15, 0.2) is 6.20 Å². The smallest absolute Gasteiger partial charge is 0.201 e. The van der Waals surface area contributed by atoms with Crippen LogP contribution < -0.4 is 4.57 Å². The lowest BCUT2D eigenvalue weighted by Gasteiger charge is -2.37. The van der Waals surface area contributed by atoms with Crippen LogP contribution in [0.15, 0.2) is 54.7 Å². The summed E-state index contributed by atoms with van der Waals surface area (Å²) in [6.45, 7) is 4.85. The zero-order valence-corrected chi connectivity index (χ0v) is 16.4. The second-order valence-corrected chi connectivity index (χ2v) is 9.06. The Morgan fingerprint density at radius 2 is 1.81 bits per heavy atom. The summed E-state index contributed by atoms with van der Waals surface area (Å²) in [6.07, 6.45) is 6.20. The fourth-order valence-electron chi connectivity index (χ4n) is 6.58. The molecule has 3 unspecified atom stereocenters. The van der Waals surface area contributed by atoms with Crippen LogP contribution in [0.25, 0.3) is 22.4 Å². The molecule has 6 rings (SSSR count). The minimum absolute atomic E-state index is 0.128. The highest BCUT2D eigenvalue weighted by atomic mass is 14.9. The van der Waals surface area contributed by atoms with Gasteiger partial charge in [-0.05, 0) is 71.9 Å². The van der Waals surface area contributed by atoms with Crippen LogP contribution in [0.2, 0.25) is 0 Å². The van der Waals surface area contributed by atoms with E-state index in [0.717, 1.165) is 5.92 Å². The molecule has 0 amide bonds. The molecule has 2 bridgehead atoms. The zero-order valence-electron chi connectivity index (χ0n) is 16.4. The Morgan fingerprint density at radius 1 is 0.963 bits per heavy atom. The number of nitrogens with zero attached hydrogens (tertiary/aromatic N) is 1. The van der Waals surface area contributed by atoms with E-state index in [0.29, 0.717) is 5.92 Å². The highest BCUT2D eigenvalue weighted by Gasteiger charge is 2.52. The summed E-state index contributed by atoms with van der Waals surface area (Å²) in [5, 5.41) is 0. The molecule has 3 atom stereocenters. The zero-order chi connectivity index (χ0) is 18.3. The van der Waals surface area contributed by atoms with E-state index in [4.69, 9.17) is 0 Å². The molecule has 3 aliphatic rings. The molecule has 3 aliphatic carbocycles. The topological polar surface area (TPSA) is 3.88 Å². The van der Waals surface area contributed by atoms with Crippen molar-refractivity contribution in [3.8, 4) is 22.4 Å². The quantitative estimate of drug-likeness (QED) is 0.459. The van der Waals surface area contributed by atoms with E-state index in [1.807, 2.05) is 0 Å². The predicted molar refractivity (Wildman–Crippen MR) is 110 cm³/mol. The van der Waals surface area contributed by atoms with Gasteiger partial charge in [0.1, 0.15) is 7.05 Å². The first-order valence-corrected chi connectivity index (χ1v) is 10.3. The van der Waals surface area contributed by atoms with Crippen LogP contribution in [-0.2, 0) is 12.5 Å². The molecule has 1 saturated carbocycles. The van der Waals surface area contributed by atoms with E-state index >= 15 is 0 Å². The minimum atomic E-state index is 0.128. The standard InChI is InChI=1S/C26H26N/c1-16-10-13-21-20-7-4-5-9-22(20)26(2)18-12-11-17(15-18)19-8-6-14-27(3)25(19)23(16)24(21)26/h4-10,13-14,17-18H,11-12,15H2,1-3H3/q+1. The van der Waals surface area contributed by atoms with Crippen LogP contribution in [0.1, 0.15) is 54.4 Å². The van der Waals surface area contributed by atoms with Gasteiger partial charge in [0, 0.05) is 17.0 Å². The number of fused-ring (bicyclic) bond motifs is 9. The van der Waals surface area contributed by atoms with E-state index in [1.165, 1.54) is 47.2 Å². The Kier molecular flexibility index (Phi) is 2.95. The molecule has 0 N–H and O–H groups in total. The van der Waals surface area contributed by atoms with Gasteiger partial charge < -0.3 is 0 Å². The summed E-state index contributed by atoms with van der Waals surface area (Å²) in [4.78, 5) is 0. The molecule has 1 aromatic heterocycles. The molecule has 0 radical (unpaired) electrons. The molecule has 2 aromatic carbocycles. The van der Waals surface area contributed by atoms with Crippen LogP contribution in [0.5, 0.6) is 0 Å². The van der Waals surface area contributed by atoms with Crippen molar-refractivity contribution < 1.29 is 4.57 Å². The van der Waals surface area contributed by atoms with E-state index in [2.05, 4.69) is 80.2 Å². The van der Waals surface area contributed by atoms with E-state index < -0.39 is 0 Å². The Morgan fingerprint density at radius 3 is 2.70 bits per heavy atom. The van der Waals surface area contributed by atoms with E-state index in [-0.39, 0.29) is 5.41 Å². The number of hydrogen-bond acceptors (Lipinski definition) is 0. The summed E-state index contributed by atoms with van der Waals surface area (Å²) in [5.41, 5.74) is 12.1. The van der Waals surface area contributed by atoms with Crippen molar-refractivity contribution in [3.05, 3.63) is 77.0 Å². The maximum atomic E-state index is 2.54. The summed E-state index contributed by atoms with van der Waals surface area (Å²) in [5.74, 6) is 1.42. The van der Waals surface area contributed by atoms with Gasteiger partial charge in [-0.1, -0.05) is 43.3 Å². The monoisotopic (exact) mass is 352 g/mol. The first-order valence-electron chi connectivity index (χ1n) is 10.3. The van der Waals surface area contributed by atoms with Crippen LogP contribution in [0.4, 0.5) is 0 Å². The fourth-order valence-corrected chi connectivity index (χ4v) is 6.58. The SMILES string of the molecule is Cc1ccc2c3c1-c1c(ccc[n+]1C)C1CCC(C1)C3(C)c1ccccc1-2. The van der Waals surface area contributed by atoms with Gasteiger partial charge in [-0.2, -0.15) is 0 Å². The Hall–Kier alpha value is -2.41. The third-order valence-electron chi connectivity index (χ3n) is 7.85. The highest BCUT2D eigenvalue weighted by molar-refractivity contribution is 5.89. The number of hydrogen-bond donors (Lipinski definition) is 0. The summed E-state index contributed by atoms with van der Waals surface area (Å²) < 4.78 is 2.38. The molecule has 1 heterocycles. The van der Waals surface area contributed by atoms with Crippen molar-refractivity contribution in [2.24, 2.45) is 13.0 Å². The van der Waals surface area contributed by atoms with Gasteiger partial charge in [0.05, 0.1) is 5.56 Å². The lowest BCUT2D eigenvalue weighted by Crippen LogP contribution is -2.36. The number of rotatable bonds is 0. The normalized spacial score (nSPS) is 26.8. The third-order valence-corrected chi connectivity index (χ3v) is 7.85.